The highest BCUT2D eigenvalue weighted by Crippen LogP contribution is 2.34. The number of sulfone groups is 1. The lowest BCUT2D eigenvalue weighted by Crippen LogP contribution is -2.43. The molecule has 1 atom stereocenters. The number of methoxy groups -OCH3 is 1. The highest BCUT2D eigenvalue weighted by Gasteiger charge is 2.44. The number of amides is 3. The number of nitrogens with zero attached hydrogens (tertiary/aromatic N) is 2. The second kappa shape index (κ2) is 13.1. The van der Waals surface area contributed by atoms with E-state index in [1.54, 1.807) is 13.0 Å². The predicted octanol–water partition coefficient (Wildman–Crippen LogP) is 2.37. The van der Waals surface area contributed by atoms with Crippen molar-refractivity contribution in [1.82, 2.24) is 4.90 Å². The number of anilines is 1. The lowest BCUT2D eigenvalue weighted by molar-refractivity contribution is -0.760. The van der Waals surface area contributed by atoms with Crippen LogP contribution in [0.1, 0.15) is 54.0 Å². The van der Waals surface area contributed by atoms with Gasteiger partial charge in [-0.1, -0.05) is 12.1 Å². The number of hydrogen-bond donors (Lipinski definition) is 1. The Labute approximate surface area is 247 Å². The average molecular weight is 622 g/mol. The maximum absolute atomic E-state index is 13.4. The molecule has 2 aromatic rings. The number of nitrogens with one attached hydrogen (secondary N) is 1. The van der Waals surface area contributed by atoms with Gasteiger partial charge in [-0.3, -0.25) is 24.1 Å². The molecule has 0 radical (unpaired) electrons. The topological polar surface area (TPSA) is 198 Å². The Morgan fingerprint density at radius 1 is 1.12 bits per heavy atom. The van der Waals surface area contributed by atoms with Gasteiger partial charge in [0.25, 0.3) is 22.8 Å². The third-order valence-corrected chi connectivity index (χ3v) is 8.40. The van der Waals surface area contributed by atoms with Gasteiger partial charge >= 0.3 is 5.97 Å². The van der Waals surface area contributed by atoms with Crippen LogP contribution in [0.15, 0.2) is 36.4 Å². The zero-order valence-corrected chi connectivity index (χ0v) is 24.9. The molecular formula is C27H31N3O12S. The van der Waals surface area contributed by atoms with Crippen LogP contribution in [0.3, 0.4) is 0 Å². The summed E-state index contributed by atoms with van der Waals surface area (Å²) in [7, 11) is -2.67. The van der Waals surface area contributed by atoms with Crippen LogP contribution in [0, 0.1) is 15.5 Å². The molecule has 232 valence electrons. The summed E-state index contributed by atoms with van der Waals surface area (Å²) in [6.45, 7) is 4.51. The van der Waals surface area contributed by atoms with Crippen molar-refractivity contribution < 1.29 is 51.7 Å². The normalized spacial score (nSPS) is 13.7. The second-order valence-electron chi connectivity index (χ2n) is 10.0. The number of hydrogen-bond acceptors (Lipinski definition) is 12. The first-order valence-corrected chi connectivity index (χ1v) is 14.6. The SMILES string of the molecule is CCOc1cc(CS(=O)(=O)[C@@H](C)N2C(=O)c3cccc(NC(=O)COC(=O)C(C)(C)CO[N+](=O)[O-])c3C2=O)ccc1OC. The first kappa shape index (κ1) is 32.8. The molecule has 0 aliphatic carbocycles. The Morgan fingerprint density at radius 2 is 1.81 bits per heavy atom. The number of ether oxygens (including phenoxy) is 3. The summed E-state index contributed by atoms with van der Waals surface area (Å²) in [4.78, 5) is 66.6. The van der Waals surface area contributed by atoms with Gasteiger partial charge < -0.3 is 24.4 Å². The maximum atomic E-state index is 13.4. The van der Waals surface area contributed by atoms with Gasteiger partial charge in [0.1, 0.15) is 12.0 Å². The van der Waals surface area contributed by atoms with Crippen molar-refractivity contribution >= 4 is 39.2 Å². The van der Waals surface area contributed by atoms with Crippen molar-refractivity contribution in [2.24, 2.45) is 5.41 Å². The lowest BCUT2D eigenvalue weighted by Gasteiger charge is -2.23. The molecule has 16 heteroatoms. The Balaban J connectivity index is 1.75. The van der Waals surface area contributed by atoms with E-state index >= 15 is 0 Å². The van der Waals surface area contributed by atoms with Gasteiger partial charge in [-0.05, 0) is 57.5 Å². The molecule has 0 saturated heterocycles. The molecule has 1 heterocycles. The summed E-state index contributed by atoms with van der Waals surface area (Å²) in [6, 6.07) is 8.63. The van der Waals surface area contributed by atoms with Gasteiger partial charge in [0.2, 0.25) is 0 Å². The third kappa shape index (κ3) is 7.38. The number of carbonyl (C=O) groups is 4. The van der Waals surface area contributed by atoms with Crippen LogP contribution >= 0.6 is 0 Å². The molecule has 1 aliphatic heterocycles. The number of esters is 1. The zero-order valence-electron chi connectivity index (χ0n) is 24.1. The van der Waals surface area contributed by atoms with E-state index in [1.807, 2.05) is 0 Å². The maximum Gasteiger partial charge on any atom is 0.313 e. The fourth-order valence-electron chi connectivity index (χ4n) is 4.12. The first-order chi connectivity index (χ1) is 20.1. The summed E-state index contributed by atoms with van der Waals surface area (Å²) in [6.07, 6.45) is 0. The molecule has 0 aromatic heterocycles. The fourth-order valence-corrected chi connectivity index (χ4v) is 5.51. The van der Waals surface area contributed by atoms with Gasteiger partial charge in [0.05, 0.1) is 41.7 Å². The average Bonchev–Trinajstić information content (AvgIpc) is 3.20. The summed E-state index contributed by atoms with van der Waals surface area (Å²) >= 11 is 0. The second-order valence-corrected chi connectivity index (χ2v) is 12.3. The first-order valence-electron chi connectivity index (χ1n) is 12.9. The highest BCUT2D eigenvalue weighted by atomic mass is 32.2. The van der Waals surface area contributed by atoms with Crippen molar-refractivity contribution in [3.8, 4) is 11.5 Å². The molecule has 3 rings (SSSR count). The zero-order chi connectivity index (χ0) is 32.1. The third-order valence-electron chi connectivity index (χ3n) is 6.42. The highest BCUT2D eigenvalue weighted by molar-refractivity contribution is 7.91. The Hall–Kier alpha value is -4.73. The predicted molar refractivity (Wildman–Crippen MR) is 150 cm³/mol. The van der Waals surface area contributed by atoms with Crippen LogP contribution in [-0.2, 0) is 34.8 Å². The smallest absolute Gasteiger partial charge is 0.313 e. The van der Waals surface area contributed by atoms with Crippen LogP contribution in [-0.4, -0.2) is 74.4 Å². The van der Waals surface area contributed by atoms with Gasteiger partial charge in [-0.2, -0.15) is 0 Å². The number of benzene rings is 2. The van der Waals surface area contributed by atoms with E-state index < -0.39 is 68.4 Å². The van der Waals surface area contributed by atoms with Crippen molar-refractivity contribution in [2.45, 2.75) is 38.8 Å². The van der Waals surface area contributed by atoms with Gasteiger partial charge in [0, 0.05) is 0 Å². The Bertz CT molecular complexity index is 1550. The molecule has 0 bridgehead atoms. The van der Waals surface area contributed by atoms with E-state index in [4.69, 9.17) is 14.2 Å². The molecule has 3 amide bonds. The van der Waals surface area contributed by atoms with Crippen LogP contribution in [0.25, 0.3) is 0 Å². The Morgan fingerprint density at radius 3 is 2.44 bits per heavy atom. The number of fused-ring (bicyclic) bond motifs is 1. The molecule has 43 heavy (non-hydrogen) atoms. The Kier molecular flexibility index (Phi) is 9.96. The van der Waals surface area contributed by atoms with Crippen molar-refractivity contribution in [1.29, 1.82) is 0 Å². The van der Waals surface area contributed by atoms with E-state index in [0.717, 1.165) is 0 Å². The quantitative estimate of drug-likeness (QED) is 0.140. The monoisotopic (exact) mass is 621 g/mol. The molecule has 1 aliphatic rings. The molecule has 0 unspecified atom stereocenters. The van der Waals surface area contributed by atoms with E-state index in [-0.39, 0.29) is 16.8 Å². The molecule has 0 fully saturated rings. The largest absolute Gasteiger partial charge is 0.493 e. The fraction of sp³-hybridized carbons (Fsp3) is 0.407. The summed E-state index contributed by atoms with van der Waals surface area (Å²) in [5.74, 6) is -3.40. The van der Waals surface area contributed by atoms with Crippen LogP contribution in [0.4, 0.5) is 5.69 Å². The van der Waals surface area contributed by atoms with Gasteiger partial charge in [0.15, 0.2) is 27.9 Å². The molecular weight excluding hydrogens is 590 g/mol. The van der Waals surface area contributed by atoms with E-state index in [2.05, 4.69) is 10.2 Å². The molecule has 0 spiro atoms. The number of carbonyl (C=O) groups excluding carboxylic acids is 4. The summed E-state index contributed by atoms with van der Waals surface area (Å²) in [5.41, 5.74) is -1.54. The molecule has 15 nitrogen and oxygen atoms in total. The van der Waals surface area contributed by atoms with Gasteiger partial charge in [-0.25, -0.2) is 8.42 Å². The minimum absolute atomic E-state index is 0.101. The van der Waals surface area contributed by atoms with Crippen molar-refractivity contribution in [3.05, 3.63) is 63.2 Å². The summed E-state index contributed by atoms with van der Waals surface area (Å²) in [5, 5.41) is 10.2. The summed E-state index contributed by atoms with van der Waals surface area (Å²) < 4.78 is 42.3. The van der Waals surface area contributed by atoms with Crippen molar-refractivity contribution in [2.75, 3.05) is 32.2 Å². The van der Waals surface area contributed by atoms with Crippen LogP contribution < -0.4 is 14.8 Å². The van der Waals surface area contributed by atoms with E-state index in [0.29, 0.717) is 28.6 Å². The molecule has 0 saturated carbocycles. The molecule has 2 aromatic carbocycles. The minimum Gasteiger partial charge on any atom is -0.493 e. The number of rotatable bonds is 14. The van der Waals surface area contributed by atoms with Crippen LogP contribution in [0.2, 0.25) is 0 Å². The van der Waals surface area contributed by atoms with Crippen molar-refractivity contribution in [3.63, 3.8) is 0 Å². The van der Waals surface area contributed by atoms with Crippen LogP contribution in [0.5, 0.6) is 11.5 Å². The lowest BCUT2D eigenvalue weighted by atomic mass is 9.95. The van der Waals surface area contributed by atoms with E-state index in [1.165, 1.54) is 58.2 Å². The van der Waals surface area contributed by atoms with E-state index in [9.17, 15) is 37.7 Å². The standard InChI is InChI=1S/C27H31N3O12S/c1-6-40-21-12-17(10-11-20(21)39-5)14-43(37,38)16(2)29-24(32)18-8-7-9-19(23(18)25(29)33)28-22(31)13-41-26(34)27(3,4)15-42-30(35)36/h7-12,16H,6,13-15H2,1-5H3,(H,28,31)/t16-/m0/s1. The van der Waals surface area contributed by atoms with Gasteiger partial charge in [-0.15, -0.1) is 10.1 Å². The number of imide groups is 1. The molecule has 1 N–H and O–H groups in total. The minimum atomic E-state index is -4.12.